The van der Waals surface area contributed by atoms with Gasteiger partial charge in [-0.05, 0) is 44.2 Å². The number of carbonyl (C=O) groups is 1. The van der Waals surface area contributed by atoms with E-state index in [1.54, 1.807) is 6.07 Å². The van der Waals surface area contributed by atoms with Gasteiger partial charge in [-0.15, -0.1) is 11.3 Å². The van der Waals surface area contributed by atoms with E-state index in [0.717, 1.165) is 21.0 Å². The summed E-state index contributed by atoms with van der Waals surface area (Å²) >= 11 is 7.56. The molecule has 1 heterocycles. The molecule has 0 aliphatic carbocycles. The average Bonchev–Trinajstić information content (AvgIpc) is 2.80. The van der Waals surface area contributed by atoms with Crippen molar-refractivity contribution in [2.75, 3.05) is 7.05 Å². The van der Waals surface area contributed by atoms with Gasteiger partial charge < -0.3 is 5.11 Å². The molecule has 1 unspecified atom stereocenters. The molecule has 21 heavy (non-hydrogen) atoms. The van der Waals surface area contributed by atoms with Gasteiger partial charge in [0.05, 0.1) is 0 Å². The molecule has 0 bridgehead atoms. The molecule has 0 saturated carbocycles. The molecule has 1 aromatic carbocycles. The van der Waals surface area contributed by atoms with Crippen LogP contribution in [-0.2, 0) is 6.54 Å². The Morgan fingerprint density at radius 1 is 1.43 bits per heavy atom. The summed E-state index contributed by atoms with van der Waals surface area (Å²) in [6, 6.07) is 9.72. The Balaban J connectivity index is 2.16. The molecule has 0 fully saturated rings. The van der Waals surface area contributed by atoms with Crippen LogP contribution in [0.5, 0.6) is 0 Å². The van der Waals surface area contributed by atoms with Crippen LogP contribution in [0.1, 0.15) is 38.6 Å². The summed E-state index contributed by atoms with van der Waals surface area (Å²) in [6.45, 7) is 4.75. The normalized spacial score (nSPS) is 12.6. The maximum atomic E-state index is 11.0. The van der Waals surface area contributed by atoms with Crippen molar-refractivity contribution in [1.82, 2.24) is 4.90 Å². The first-order chi connectivity index (χ1) is 9.90. The largest absolute Gasteiger partial charge is 0.477 e. The lowest BCUT2D eigenvalue weighted by Gasteiger charge is -2.25. The van der Waals surface area contributed by atoms with E-state index in [-0.39, 0.29) is 6.04 Å². The molecular weight excluding hydrogens is 306 g/mol. The van der Waals surface area contributed by atoms with Gasteiger partial charge >= 0.3 is 5.97 Å². The van der Waals surface area contributed by atoms with Gasteiger partial charge in [-0.2, -0.15) is 0 Å². The number of thiophene rings is 1. The molecule has 0 spiro atoms. The van der Waals surface area contributed by atoms with E-state index in [9.17, 15) is 4.79 Å². The van der Waals surface area contributed by atoms with Crippen LogP contribution in [0.4, 0.5) is 0 Å². The van der Waals surface area contributed by atoms with Crippen LogP contribution in [0, 0.1) is 6.92 Å². The molecule has 1 N–H and O–H groups in total. The highest BCUT2D eigenvalue weighted by atomic mass is 35.5. The van der Waals surface area contributed by atoms with Crippen molar-refractivity contribution in [1.29, 1.82) is 0 Å². The quantitative estimate of drug-likeness (QED) is 0.874. The van der Waals surface area contributed by atoms with Gasteiger partial charge in [0.25, 0.3) is 0 Å². The molecule has 2 rings (SSSR count). The lowest BCUT2D eigenvalue weighted by atomic mass is 10.1. The Labute approximate surface area is 133 Å². The molecule has 2 aromatic rings. The van der Waals surface area contributed by atoms with Gasteiger partial charge in [-0.25, -0.2) is 4.79 Å². The third kappa shape index (κ3) is 3.64. The summed E-state index contributed by atoms with van der Waals surface area (Å²) in [4.78, 5) is 14.6. The predicted octanol–water partition coefficient (Wildman–Crippen LogP) is 4.60. The van der Waals surface area contributed by atoms with Gasteiger partial charge in [-0.3, -0.25) is 4.90 Å². The highest BCUT2D eigenvalue weighted by Crippen LogP contribution is 2.29. The highest BCUT2D eigenvalue weighted by molar-refractivity contribution is 7.14. The van der Waals surface area contributed by atoms with E-state index in [1.165, 1.54) is 11.3 Å². The Morgan fingerprint density at radius 2 is 2.10 bits per heavy atom. The molecule has 0 radical (unpaired) electrons. The van der Waals surface area contributed by atoms with Crippen molar-refractivity contribution in [3.8, 4) is 0 Å². The summed E-state index contributed by atoms with van der Waals surface area (Å²) in [5, 5.41) is 9.81. The van der Waals surface area contributed by atoms with E-state index in [4.69, 9.17) is 16.7 Å². The summed E-state index contributed by atoms with van der Waals surface area (Å²) in [5.41, 5.74) is 2.13. The van der Waals surface area contributed by atoms with E-state index >= 15 is 0 Å². The van der Waals surface area contributed by atoms with Crippen molar-refractivity contribution < 1.29 is 9.90 Å². The fourth-order valence-corrected chi connectivity index (χ4v) is 3.41. The molecule has 0 aliphatic heterocycles. The molecule has 3 nitrogen and oxygen atoms in total. The van der Waals surface area contributed by atoms with Gasteiger partial charge in [-0.1, -0.05) is 29.8 Å². The maximum absolute atomic E-state index is 11.0. The van der Waals surface area contributed by atoms with Crippen LogP contribution in [0.25, 0.3) is 0 Å². The summed E-state index contributed by atoms with van der Waals surface area (Å²) in [6.07, 6.45) is 0. The molecule has 1 atom stereocenters. The summed E-state index contributed by atoms with van der Waals surface area (Å²) in [7, 11) is 2.02. The van der Waals surface area contributed by atoms with Crippen LogP contribution in [0.2, 0.25) is 5.02 Å². The fourth-order valence-electron chi connectivity index (χ4n) is 2.24. The first-order valence-corrected chi connectivity index (χ1v) is 7.87. The number of carboxylic acid groups (broad SMARTS) is 1. The topological polar surface area (TPSA) is 40.5 Å². The van der Waals surface area contributed by atoms with Crippen molar-refractivity contribution in [3.63, 3.8) is 0 Å². The predicted molar refractivity (Wildman–Crippen MR) is 87.3 cm³/mol. The van der Waals surface area contributed by atoms with Crippen molar-refractivity contribution in [2.24, 2.45) is 0 Å². The van der Waals surface area contributed by atoms with Crippen molar-refractivity contribution in [2.45, 2.75) is 26.4 Å². The molecule has 112 valence electrons. The zero-order chi connectivity index (χ0) is 15.6. The van der Waals surface area contributed by atoms with Crippen molar-refractivity contribution >= 4 is 28.9 Å². The number of hydrogen-bond acceptors (Lipinski definition) is 3. The molecular formula is C16H18ClNO2S. The average molecular weight is 324 g/mol. The molecule has 0 aliphatic rings. The van der Waals surface area contributed by atoms with Crippen LogP contribution >= 0.6 is 22.9 Å². The van der Waals surface area contributed by atoms with Crippen LogP contribution in [0.15, 0.2) is 30.3 Å². The Morgan fingerprint density at radius 3 is 2.67 bits per heavy atom. The second kappa shape index (κ2) is 6.60. The lowest BCUT2D eigenvalue weighted by molar-refractivity contribution is 0.0702. The lowest BCUT2D eigenvalue weighted by Crippen LogP contribution is -2.22. The minimum Gasteiger partial charge on any atom is -0.477 e. The zero-order valence-electron chi connectivity index (χ0n) is 12.3. The Bertz CT molecular complexity index is 653. The number of aromatic carboxylic acids is 1. The van der Waals surface area contributed by atoms with E-state index in [0.29, 0.717) is 11.4 Å². The van der Waals surface area contributed by atoms with E-state index in [2.05, 4.69) is 11.8 Å². The minimum absolute atomic E-state index is 0.159. The summed E-state index contributed by atoms with van der Waals surface area (Å²) < 4.78 is 0. The number of aryl methyl sites for hydroxylation is 1. The van der Waals surface area contributed by atoms with E-state index < -0.39 is 5.97 Å². The van der Waals surface area contributed by atoms with Gasteiger partial charge in [0.1, 0.15) is 4.88 Å². The van der Waals surface area contributed by atoms with Gasteiger partial charge in [0.15, 0.2) is 0 Å². The first kappa shape index (κ1) is 16.0. The third-order valence-corrected chi connectivity index (χ3v) is 5.09. The van der Waals surface area contributed by atoms with Gasteiger partial charge in [0, 0.05) is 22.5 Å². The number of benzene rings is 1. The number of hydrogen-bond donors (Lipinski definition) is 1. The molecule has 0 saturated heterocycles. The minimum atomic E-state index is -0.865. The number of carboxylic acids is 1. The SMILES string of the molecule is Cc1sc(C(=O)O)cc1CN(C)C(C)c1ccccc1Cl. The van der Waals surface area contributed by atoms with Crippen molar-refractivity contribution in [3.05, 3.63) is 56.2 Å². The third-order valence-electron chi connectivity index (χ3n) is 3.67. The van der Waals surface area contributed by atoms with Gasteiger partial charge in [0.2, 0.25) is 0 Å². The fraction of sp³-hybridized carbons (Fsp3) is 0.312. The molecule has 5 heteroatoms. The number of nitrogens with zero attached hydrogens (tertiary/aromatic N) is 1. The summed E-state index contributed by atoms with van der Waals surface area (Å²) in [5.74, 6) is -0.865. The standard InChI is InChI=1S/C16H18ClNO2S/c1-10(13-6-4-5-7-14(13)17)18(3)9-12-8-15(16(19)20)21-11(12)2/h4-8,10H,9H2,1-3H3,(H,19,20). The second-order valence-corrected chi connectivity index (χ2v) is 6.77. The van der Waals surface area contributed by atoms with E-state index in [1.807, 2.05) is 38.2 Å². The maximum Gasteiger partial charge on any atom is 0.345 e. The first-order valence-electron chi connectivity index (χ1n) is 6.67. The second-order valence-electron chi connectivity index (χ2n) is 5.11. The number of rotatable bonds is 5. The molecule has 0 amide bonds. The van der Waals surface area contributed by atoms with Crippen LogP contribution < -0.4 is 0 Å². The molecule has 1 aromatic heterocycles. The smallest absolute Gasteiger partial charge is 0.345 e. The monoisotopic (exact) mass is 323 g/mol. The number of halogens is 1. The Kier molecular flexibility index (Phi) is 5.04. The zero-order valence-corrected chi connectivity index (χ0v) is 13.8. The Hall–Kier alpha value is -1.36. The van der Waals surface area contributed by atoms with Crippen LogP contribution in [0.3, 0.4) is 0 Å². The van der Waals surface area contributed by atoms with Crippen LogP contribution in [-0.4, -0.2) is 23.0 Å². The highest BCUT2D eigenvalue weighted by Gasteiger charge is 2.17.